The van der Waals surface area contributed by atoms with Crippen LogP contribution in [0.1, 0.15) is 40.9 Å². The summed E-state index contributed by atoms with van der Waals surface area (Å²) < 4.78 is 1.94. The van der Waals surface area contributed by atoms with Crippen LogP contribution < -0.4 is 10.2 Å². The van der Waals surface area contributed by atoms with Crippen molar-refractivity contribution in [3.8, 4) is 0 Å². The molecule has 2 amide bonds. The largest absolute Gasteiger partial charge is 0.326 e. The molecule has 1 aliphatic carbocycles. The van der Waals surface area contributed by atoms with Crippen LogP contribution in [0.15, 0.2) is 72.9 Å². The van der Waals surface area contributed by atoms with E-state index in [0.29, 0.717) is 24.3 Å². The van der Waals surface area contributed by atoms with E-state index in [1.165, 1.54) is 0 Å². The molecule has 1 aromatic heterocycles. The molecule has 156 valence electrons. The van der Waals surface area contributed by atoms with Gasteiger partial charge in [-0.1, -0.05) is 30.4 Å². The van der Waals surface area contributed by atoms with E-state index in [1.807, 2.05) is 35.0 Å². The van der Waals surface area contributed by atoms with Gasteiger partial charge in [-0.2, -0.15) is 5.10 Å². The molecule has 3 aromatic rings. The van der Waals surface area contributed by atoms with Crippen molar-refractivity contribution >= 4 is 23.2 Å². The molecule has 1 unspecified atom stereocenters. The maximum Gasteiger partial charge on any atom is 0.258 e. The van der Waals surface area contributed by atoms with E-state index in [-0.39, 0.29) is 17.7 Å². The second kappa shape index (κ2) is 8.22. The number of carbonyl (C=O) groups is 2. The van der Waals surface area contributed by atoms with Gasteiger partial charge in [-0.25, -0.2) is 0 Å². The molecule has 2 aromatic carbocycles. The summed E-state index contributed by atoms with van der Waals surface area (Å²) in [5, 5.41) is 7.38. The fourth-order valence-electron chi connectivity index (χ4n) is 4.26. The molecule has 31 heavy (non-hydrogen) atoms. The molecule has 0 spiro atoms. The molecule has 6 nitrogen and oxygen atoms in total. The van der Waals surface area contributed by atoms with Crippen LogP contribution >= 0.6 is 0 Å². The lowest BCUT2D eigenvalue weighted by Crippen LogP contribution is -2.30. The van der Waals surface area contributed by atoms with E-state index < -0.39 is 0 Å². The zero-order valence-electron chi connectivity index (χ0n) is 17.2. The van der Waals surface area contributed by atoms with Crippen LogP contribution in [-0.4, -0.2) is 21.6 Å². The Hall–Kier alpha value is -3.67. The summed E-state index contributed by atoms with van der Waals surface area (Å²) in [6.45, 7) is 1.10. The first kappa shape index (κ1) is 19.3. The fourth-order valence-corrected chi connectivity index (χ4v) is 4.26. The zero-order valence-corrected chi connectivity index (χ0v) is 17.2. The first-order valence-electron chi connectivity index (χ1n) is 10.7. The lowest BCUT2D eigenvalue weighted by Gasteiger charge is -2.23. The second-order valence-electron chi connectivity index (χ2n) is 8.05. The topological polar surface area (TPSA) is 67.2 Å². The number of carbonyl (C=O) groups excluding carboxylic acids is 2. The summed E-state index contributed by atoms with van der Waals surface area (Å²) >= 11 is 0. The van der Waals surface area contributed by atoms with Gasteiger partial charge >= 0.3 is 0 Å². The minimum atomic E-state index is -0.0719. The second-order valence-corrected chi connectivity index (χ2v) is 8.05. The minimum absolute atomic E-state index is 0.0183. The van der Waals surface area contributed by atoms with Crippen LogP contribution in [0.4, 0.5) is 11.4 Å². The molecule has 5 rings (SSSR count). The van der Waals surface area contributed by atoms with Crippen molar-refractivity contribution in [2.75, 3.05) is 10.2 Å². The SMILES string of the molecule is O=C(Nc1ccc(C(=O)N2Cc3ccnn3Cc3ccccc32)cc1)C1CC=CCC1. The lowest BCUT2D eigenvalue weighted by molar-refractivity contribution is -0.120. The normalized spacial score (nSPS) is 17.4. The number of benzene rings is 2. The Kier molecular flexibility index (Phi) is 5.12. The molecular formula is C25H24N4O2. The van der Waals surface area contributed by atoms with Gasteiger partial charge in [-0.05, 0) is 61.2 Å². The molecule has 1 N–H and O–H groups in total. The number of fused-ring (bicyclic) bond motifs is 2. The van der Waals surface area contributed by atoms with Gasteiger partial charge in [0.25, 0.3) is 5.91 Å². The van der Waals surface area contributed by atoms with Crippen molar-refractivity contribution in [2.24, 2.45) is 5.92 Å². The molecule has 1 aliphatic heterocycles. The Bertz CT molecular complexity index is 1150. The number of nitrogens with one attached hydrogen (secondary N) is 1. The molecule has 0 saturated carbocycles. The smallest absolute Gasteiger partial charge is 0.258 e. The molecule has 0 fully saturated rings. The number of hydrogen-bond acceptors (Lipinski definition) is 3. The van der Waals surface area contributed by atoms with E-state index in [9.17, 15) is 9.59 Å². The quantitative estimate of drug-likeness (QED) is 0.649. The summed E-state index contributed by atoms with van der Waals surface area (Å²) in [5.41, 5.74) is 4.26. The van der Waals surface area contributed by atoms with E-state index in [1.54, 1.807) is 35.4 Å². The van der Waals surface area contributed by atoms with Crippen LogP contribution in [0.3, 0.4) is 0 Å². The van der Waals surface area contributed by atoms with Crippen LogP contribution in [-0.2, 0) is 17.9 Å². The van der Waals surface area contributed by atoms with E-state index >= 15 is 0 Å². The standard InChI is InChI=1S/C25H24N4O2/c30-24(18-6-2-1-3-7-18)27-21-12-10-19(11-13-21)25(31)28-17-22-14-15-26-29(22)16-20-8-4-5-9-23(20)28/h1-2,4-5,8-15,18H,3,6-7,16-17H2,(H,27,30). The number of rotatable bonds is 3. The van der Waals surface area contributed by atoms with Crippen LogP contribution in [0.25, 0.3) is 0 Å². The highest BCUT2D eigenvalue weighted by molar-refractivity contribution is 6.07. The van der Waals surface area contributed by atoms with Crippen molar-refractivity contribution < 1.29 is 9.59 Å². The molecule has 2 aliphatic rings. The number of hydrogen-bond donors (Lipinski definition) is 1. The number of amides is 2. The van der Waals surface area contributed by atoms with Crippen LogP contribution in [0.5, 0.6) is 0 Å². The van der Waals surface area contributed by atoms with Crippen molar-refractivity contribution in [3.05, 3.63) is 89.8 Å². The number of anilines is 2. The molecule has 0 saturated heterocycles. The Morgan fingerprint density at radius 1 is 0.968 bits per heavy atom. The average molecular weight is 412 g/mol. The van der Waals surface area contributed by atoms with Crippen molar-refractivity contribution in [1.82, 2.24) is 9.78 Å². The third-order valence-corrected chi connectivity index (χ3v) is 6.01. The zero-order chi connectivity index (χ0) is 21.2. The summed E-state index contributed by atoms with van der Waals surface area (Å²) in [7, 11) is 0. The number of nitrogens with zero attached hydrogens (tertiary/aromatic N) is 3. The Balaban J connectivity index is 1.36. The third-order valence-electron chi connectivity index (χ3n) is 6.01. The molecular weight excluding hydrogens is 388 g/mol. The Morgan fingerprint density at radius 2 is 1.81 bits per heavy atom. The maximum absolute atomic E-state index is 13.4. The number of aromatic nitrogens is 2. The van der Waals surface area contributed by atoms with Gasteiger partial charge in [0.1, 0.15) is 0 Å². The Morgan fingerprint density at radius 3 is 2.61 bits per heavy atom. The van der Waals surface area contributed by atoms with Gasteiger partial charge in [-0.15, -0.1) is 0 Å². The highest BCUT2D eigenvalue weighted by atomic mass is 16.2. The third kappa shape index (κ3) is 3.89. The highest BCUT2D eigenvalue weighted by Gasteiger charge is 2.25. The first-order valence-corrected chi connectivity index (χ1v) is 10.7. The number of para-hydroxylation sites is 1. The molecule has 0 bridgehead atoms. The summed E-state index contributed by atoms with van der Waals surface area (Å²) in [4.78, 5) is 27.7. The first-order chi connectivity index (χ1) is 15.2. The average Bonchev–Trinajstić information content (AvgIpc) is 3.18. The predicted octanol–water partition coefficient (Wildman–Crippen LogP) is 4.39. The van der Waals surface area contributed by atoms with Crippen molar-refractivity contribution in [3.63, 3.8) is 0 Å². The maximum atomic E-state index is 13.4. The summed E-state index contributed by atoms with van der Waals surface area (Å²) in [5.74, 6) is -0.0136. The summed E-state index contributed by atoms with van der Waals surface area (Å²) in [6.07, 6.45) is 8.57. The lowest BCUT2D eigenvalue weighted by atomic mass is 9.93. The fraction of sp³-hybridized carbons (Fsp3) is 0.240. The van der Waals surface area contributed by atoms with Gasteiger partial charge in [0.15, 0.2) is 0 Å². The molecule has 6 heteroatoms. The van der Waals surface area contributed by atoms with Crippen LogP contribution in [0.2, 0.25) is 0 Å². The predicted molar refractivity (Wildman–Crippen MR) is 120 cm³/mol. The highest BCUT2D eigenvalue weighted by Crippen LogP contribution is 2.29. The van der Waals surface area contributed by atoms with E-state index in [0.717, 1.165) is 36.2 Å². The Labute approximate surface area is 181 Å². The van der Waals surface area contributed by atoms with Crippen molar-refractivity contribution in [2.45, 2.75) is 32.4 Å². The molecule has 0 radical (unpaired) electrons. The van der Waals surface area contributed by atoms with Crippen molar-refractivity contribution in [1.29, 1.82) is 0 Å². The van der Waals surface area contributed by atoms with Gasteiger partial charge in [0.2, 0.25) is 5.91 Å². The van der Waals surface area contributed by atoms with E-state index in [4.69, 9.17) is 0 Å². The van der Waals surface area contributed by atoms with Gasteiger partial charge in [0.05, 0.1) is 18.8 Å². The van der Waals surface area contributed by atoms with Gasteiger partial charge in [-0.3, -0.25) is 14.3 Å². The monoisotopic (exact) mass is 412 g/mol. The summed E-state index contributed by atoms with van der Waals surface area (Å²) in [6, 6.07) is 17.1. The number of allylic oxidation sites excluding steroid dienone is 2. The van der Waals surface area contributed by atoms with Crippen LogP contribution in [0, 0.1) is 5.92 Å². The van der Waals surface area contributed by atoms with Gasteiger partial charge < -0.3 is 10.2 Å². The molecule has 1 atom stereocenters. The van der Waals surface area contributed by atoms with Gasteiger partial charge in [0, 0.05) is 29.1 Å². The molecule has 2 heterocycles. The minimum Gasteiger partial charge on any atom is -0.326 e. The van der Waals surface area contributed by atoms with E-state index in [2.05, 4.69) is 22.6 Å².